The summed E-state index contributed by atoms with van der Waals surface area (Å²) in [4.78, 5) is 18.5. The van der Waals surface area contributed by atoms with Crippen molar-refractivity contribution in [2.75, 3.05) is 14.2 Å². The van der Waals surface area contributed by atoms with Crippen molar-refractivity contribution in [1.29, 1.82) is 0 Å². The molecule has 1 aromatic heterocycles. The van der Waals surface area contributed by atoms with E-state index in [1.165, 1.54) is 12.0 Å². The van der Waals surface area contributed by atoms with Crippen LogP contribution in [0, 0.1) is 6.92 Å². The Morgan fingerprint density at radius 3 is 2.65 bits per heavy atom. The summed E-state index contributed by atoms with van der Waals surface area (Å²) in [6.45, 7) is 2.18. The molecule has 7 heteroatoms. The van der Waals surface area contributed by atoms with Gasteiger partial charge in [0.15, 0.2) is 0 Å². The van der Waals surface area contributed by atoms with E-state index in [2.05, 4.69) is 10.1 Å². The van der Waals surface area contributed by atoms with E-state index in [4.69, 9.17) is 20.9 Å². The summed E-state index contributed by atoms with van der Waals surface area (Å²) in [5, 5.41) is 4.44. The monoisotopic (exact) mass is 371 g/mol. The summed E-state index contributed by atoms with van der Waals surface area (Å²) in [5.41, 5.74) is 2.38. The second-order valence-corrected chi connectivity index (χ2v) is 6.32. The molecule has 3 rings (SSSR count). The van der Waals surface area contributed by atoms with Crippen LogP contribution in [0.3, 0.4) is 0 Å². The van der Waals surface area contributed by atoms with Crippen molar-refractivity contribution >= 4 is 17.5 Å². The molecule has 0 bridgehead atoms. The van der Waals surface area contributed by atoms with Gasteiger partial charge in [-0.25, -0.2) is 0 Å². The molecule has 0 saturated carbocycles. The number of nitrogens with zero attached hydrogens (tertiary/aromatic N) is 3. The van der Waals surface area contributed by atoms with E-state index >= 15 is 0 Å². The molecular formula is C19H18ClN3O3. The average Bonchev–Trinajstić information content (AvgIpc) is 3.10. The SMILES string of the molecule is COc1ccc(Cl)cc1C(=O)N(C)Cc1nc(-c2ccc(C)cc2)no1. The number of aryl methyl sites for hydroxylation is 1. The van der Waals surface area contributed by atoms with E-state index in [0.717, 1.165) is 11.1 Å². The number of amides is 1. The number of rotatable bonds is 5. The lowest BCUT2D eigenvalue weighted by Crippen LogP contribution is -2.26. The smallest absolute Gasteiger partial charge is 0.257 e. The molecule has 0 fully saturated rings. The molecule has 2 aromatic carbocycles. The third kappa shape index (κ3) is 3.86. The van der Waals surface area contributed by atoms with E-state index in [-0.39, 0.29) is 12.5 Å². The van der Waals surface area contributed by atoms with Gasteiger partial charge in [0.05, 0.1) is 12.7 Å². The maximum absolute atomic E-state index is 12.7. The number of carbonyl (C=O) groups excluding carboxylic acids is 1. The third-order valence-electron chi connectivity index (χ3n) is 3.89. The van der Waals surface area contributed by atoms with Crippen molar-refractivity contribution in [1.82, 2.24) is 15.0 Å². The molecule has 0 atom stereocenters. The molecule has 0 spiro atoms. The molecule has 0 N–H and O–H groups in total. The summed E-state index contributed by atoms with van der Waals surface area (Å²) in [6.07, 6.45) is 0. The van der Waals surface area contributed by atoms with Crippen LogP contribution >= 0.6 is 11.6 Å². The zero-order chi connectivity index (χ0) is 18.7. The van der Waals surface area contributed by atoms with Crippen LogP contribution in [0.5, 0.6) is 5.75 Å². The van der Waals surface area contributed by atoms with E-state index in [9.17, 15) is 4.79 Å². The summed E-state index contributed by atoms with van der Waals surface area (Å²) in [7, 11) is 3.16. The highest BCUT2D eigenvalue weighted by Crippen LogP contribution is 2.24. The number of benzene rings is 2. The second kappa shape index (κ2) is 7.58. The first-order valence-electron chi connectivity index (χ1n) is 7.96. The van der Waals surface area contributed by atoms with Gasteiger partial charge < -0.3 is 14.2 Å². The third-order valence-corrected chi connectivity index (χ3v) is 4.12. The molecule has 0 unspecified atom stereocenters. The Morgan fingerprint density at radius 1 is 1.23 bits per heavy atom. The first kappa shape index (κ1) is 17.9. The van der Waals surface area contributed by atoms with Crippen molar-refractivity contribution in [3.05, 3.63) is 64.5 Å². The van der Waals surface area contributed by atoms with E-state index in [0.29, 0.717) is 28.1 Å². The zero-order valence-electron chi connectivity index (χ0n) is 14.7. The number of hydrogen-bond donors (Lipinski definition) is 0. The first-order valence-corrected chi connectivity index (χ1v) is 8.34. The van der Waals surface area contributed by atoms with Crippen molar-refractivity contribution in [3.63, 3.8) is 0 Å². The van der Waals surface area contributed by atoms with Crippen molar-refractivity contribution < 1.29 is 14.1 Å². The minimum Gasteiger partial charge on any atom is -0.496 e. The molecule has 134 valence electrons. The fourth-order valence-electron chi connectivity index (χ4n) is 2.47. The Labute approximate surface area is 156 Å². The minimum absolute atomic E-state index is 0.174. The Bertz CT molecular complexity index is 922. The van der Waals surface area contributed by atoms with Gasteiger partial charge in [-0.3, -0.25) is 4.79 Å². The van der Waals surface area contributed by atoms with Gasteiger partial charge in [0.1, 0.15) is 12.3 Å². The number of carbonyl (C=O) groups is 1. The van der Waals surface area contributed by atoms with E-state index < -0.39 is 0 Å². The molecule has 1 heterocycles. The van der Waals surface area contributed by atoms with Crippen LogP contribution in [0.1, 0.15) is 21.8 Å². The van der Waals surface area contributed by atoms with Crippen molar-refractivity contribution in [3.8, 4) is 17.1 Å². The summed E-state index contributed by atoms with van der Waals surface area (Å²) in [5.74, 6) is 1.04. The van der Waals surface area contributed by atoms with Crippen LogP contribution in [0.2, 0.25) is 5.02 Å². The lowest BCUT2D eigenvalue weighted by molar-refractivity contribution is 0.0766. The van der Waals surface area contributed by atoms with Crippen LogP contribution in [0.15, 0.2) is 47.0 Å². The van der Waals surface area contributed by atoms with Crippen LogP contribution in [0.25, 0.3) is 11.4 Å². The molecule has 0 aliphatic heterocycles. The van der Waals surface area contributed by atoms with E-state index in [1.54, 1.807) is 25.2 Å². The topological polar surface area (TPSA) is 68.5 Å². The highest BCUT2D eigenvalue weighted by atomic mass is 35.5. The normalized spacial score (nSPS) is 10.6. The number of halogens is 1. The van der Waals surface area contributed by atoms with Gasteiger partial charge in [0, 0.05) is 17.6 Å². The zero-order valence-corrected chi connectivity index (χ0v) is 15.4. The molecule has 0 saturated heterocycles. The van der Waals surface area contributed by atoms with Crippen LogP contribution < -0.4 is 4.74 Å². The largest absolute Gasteiger partial charge is 0.496 e. The van der Waals surface area contributed by atoms with Crippen molar-refractivity contribution in [2.45, 2.75) is 13.5 Å². The van der Waals surface area contributed by atoms with Gasteiger partial charge in [-0.05, 0) is 25.1 Å². The molecule has 0 aliphatic carbocycles. The van der Waals surface area contributed by atoms with Crippen molar-refractivity contribution in [2.24, 2.45) is 0 Å². The fraction of sp³-hybridized carbons (Fsp3) is 0.211. The Kier molecular flexibility index (Phi) is 5.23. The highest BCUT2D eigenvalue weighted by molar-refractivity contribution is 6.31. The quantitative estimate of drug-likeness (QED) is 0.678. The average molecular weight is 372 g/mol. The molecule has 0 radical (unpaired) electrons. The number of methoxy groups -OCH3 is 1. The molecule has 0 aliphatic rings. The second-order valence-electron chi connectivity index (χ2n) is 5.88. The van der Waals surface area contributed by atoms with Gasteiger partial charge in [-0.15, -0.1) is 0 Å². The standard InChI is InChI=1S/C19H18ClN3O3/c1-12-4-6-13(7-5-12)18-21-17(26-22-18)11-23(2)19(24)15-10-14(20)8-9-16(15)25-3/h4-10H,11H2,1-3H3. The van der Waals surface area contributed by atoms with Gasteiger partial charge in [0.2, 0.25) is 11.7 Å². The van der Waals surface area contributed by atoms with Gasteiger partial charge in [-0.2, -0.15) is 4.98 Å². The summed E-state index contributed by atoms with van der Waals surface area (Å²) < 4.78 is 10.5. The van der Waals surface area contributed by atoms with Crippen LogP contribution in [-0.4, -0.2) is 35.1 Å². The van der Waals surface area contributed by atoms with Crippen LogP contribution in [0.4, 0.5) is 0 Å². The minimum atomic E-state index is -0.251. The molecule has 6 nitrogen and oxygen atoms in total. The Balaban J connectivity index is 1.76. The summed E-state index contributed by atoms with van der Waals surface area (Å²) in [6, 6.07) is 12.7. The predicted octanol–water partition coefficient (Wildman–Crippen LogP) is 3.98. The Morgan fingerprint density at radius 2 is 1.96 bits per heavy atom. The number of ether oxygens (including phenoxy) is 1. The maximum Gasteiger partial charge on any atom is 0.257 e. The number of aromatic nitrogens is 2. The maximum atomic E-state index is 12.7. The lowest BCUT2D eigenvalue weighted by Gasteiger charge is -2.16. The predicted molar refractivity (Wildman–Crippen MR) is 98.3 cm³/mol. The molecule has 3 aromatic rings. The van der Waals surface area contributed by atoms with Gasteiger partial charge in [-0.1, -0.05) is 46.6 Å². The fourth-order valence-corrected chi connectivity index (χ4v) is 2.64. The molecular weight excluding hydrogens is 354 g/mol. The Hall–Kier alpha value is -2.86. The number of hydrogen-bond acceptors (Lipinski definition) is 5. The first-order chi connectivity index (χ1) is 12.5. The van der Waals surface area contributed by atoms with Gasteiger partial charge in [0.25, 0.3) is 5.91 Å². The highest BCUT2D eigenvalue weighted by Gasteiger charge is 2.20. The van der Waals surface area contributed by atoms with Crippen LogP contribution in [-0.2, 0) is 6.54 Å². The molecule has 1 amide bonds. The lowest BCUT2D eigenvalue weighted by atomic mass is 10.1. The summed E-state index contributed by atoms with van der Waals surface area (Å²) >= 11 is 6.00. The van der Waals surface area contributed by atoms with Gasteiger partial charge >= 0.3 is 0 Å². The molecule has 26 heavy (non-hydrogen) atoms. The van der Waals surface area contributed by atoms with E-state index in [1.807, 2.05) is 31.2 Å².